The lowest BCUT2D eigenvalue weighted by Crippen LogP contribution is -2.49. The average Bonchev–Trinajstić information content (AvgIpc) is 3.16. The van der Waals surface area contributed by atoms with E-state index < -0.39 is 0 Å². The highest BCUT2D eigenvalue weighted by atomic mass is 16.5. The molecule has 3 N–H and O–H groups in total. The van der Waals surface area contributed by atoms with Crippen LogP contribution in [-0.4, -0.2) is 27.1 Å². The summed E-state index contributed by atoms with van der Waals surface area (Å²) in [6.07, 6.45) is 8.70. The van der Waals surface area contributed by atoms with Crippen LogP contribution in [0.1, 0.15) is 57.9 Å². The molecule has 2 aliphatic carbocycles. The number of aromatic nitrogens is 3. The van der Waals surface area contributed by atoms with Crippen LogP contribution >= 0.6 is 0 Å². The van der Waals surface area contributed by atoms with Crippen molar-refractivity contribution in [2.24, 2.45) is 29.4 Å². The Balaban J connectivity index is 1.47. The van der Waals surface area contributed by atoms with Crippen molar-refractivity contribution in [2.75, 3.05) is 0 Å². The second-order valence-corrected chi connectivity index (χ2v) is 8.62. The fraction of sp³-hybridized carbons (Fsp3) is 0.619. The Bertz CT molecular complexity index is 792. The third kappa shape index (κ3) is 3.81. The molecule has 0 aromatic carbocycles. The predicted molar refractivity (Wildman–Crippen MR) is 105 cm³/mol. The zero-order valence-electron chi connectivity index (χ0n) is 16.5. The molecule has 2 heterocycles. The van der Waals surface area contributed by atoms with Crippen LogP contribution in [-0.2, 0) is 4.79 Å². The zero-order chi connectivity index (χ0) is 19.7. The smallest absolute Gasteiger partial charge is 0.249 e. The van der Waals surface area contributed by atoms with Gasteiger partial charge in [0.1, 0.15) is 6.04 Å². The first-order valence-electron chi connectivity index (χ1n) is 10.3. The SMILES string of the molecule is CC(C)C(NC(=O)C1CC2CCCC(C1)C2N)c1nc(-c2ccncc2)no1. The number of nitrogens with one attached hydrogen (secondary N) is 1. The van der Waals surface area contributed by atoms with Crippen LogP contribution in [0, 0.1) is 23.7 Å². The van der Waals surface area contributed by atoms with Crippen LogP contribution < -0.4 is 11.1 Å². The molecular formula is C21H29N5O2. The van der Waals surface area contributed by atoms with Gasteiger partial charge in [0.2, 0.25) is 17.6 Å². The molecule has 1 amide bonds. The molecule has 4 rings (SSSR count). The molecule has 2 bridgehead atoms. The van der Waals surface area contributed by atoms with Gasteiger partial charge in [-0.15, -0.1) is 0 Å². The second-order valence-electron chi connectivity index (χ2n) is 8.62. The molecule has 7 heteroatoms. The standard InChI is InChI=1S/C21H29N5O2/c1-12(2)18(21-25-19(26-28-21)13-6-8-23-9-7-13)24-20(27)16-10-14-4-3-5-15(11-16)17(14)22/h6-9,12,14-18H,3-5,10-11,22H2,1-2H3,(H,24,27). The van der Waals surface area contributed by atoms with E-state index in [-0.39, 0.29) is 29.8 Å². The van der Waals surface area contributed by atoms with Gasteiger partial charge in [0.15, 0.2) is 0 Å². The summed E-state index contributed by atoms with van der Waals surface area (Å²) in [5.74, 6) is 2.16. The maximum Gasteiger partial charge on any atom is 0.249 e. The fourth-order valence-corrected chi connectivity index (χ4v) is 4.77. The van der Waals surface area contributed by atoms with Gasteiger partial charge in [0, 0.05) is 29.9 Å². The van der Waals surface area contributed by atoms with Crippen molar-refractivity contribution in [1.82, 2.24) is 20.4 Å². The lowest BCUT2D eigenvalue weighted by Gasteiger charge is -2.43. The highest BCUT2D eigenvalue weighted by Gasteiger charge is 2.41. The number of carbonyl (C=O) groups excluding carboxylic acids is 1. The van der Waals surface area contributed by atoms with Gasteiger partial charge >= 0.3 is 0 Å². The van der Waals surface area contributed by atoms with Crippen LogP contribution in [0.4, 0.5) is 0 Å². The Hall–Kier alpha value is -2.28. The third-order valence-electron chi connectivity index (χ3n) is 6.39. The van der Waals surface area contributed by atoms with Crippen molar-refractivity contribution in [2.45, 2.75) is 58.0 Å². The topological polar surface area (TPSA) is 107 Å². The van der Waals surface area contributed by atoms with Gasteiger partial charge < -0.3 is 15.6 Å². The number of rotatable bonds is 5. The Kier molecular flexibility index (Phi) is 5.44. The average molecular weight is 383 g/mol. The molecule has 0 radical (unpaired) electrons. The molecule has 2 fully saturated rings. The molecule has 0 aliphatic heterocycles. The van der Waals surface area contributed by atoms with Crippen LogP contribution in [0.5, 0.6) is 0 Å². The van der Waals surface area contributed by atoms with E-state index >= 15 is 0 Å². The molecule has 0 saturated heterocycles. The van der Waals surface area contributed by atoms with Crippen molar-refractivity contribution in [3.63, 3.8) is 0 Å². The van der Waals surface area contributed by atoms with E-state index in [1.54, 1.807) is 12.4 Å². The van der Waals surface area contributed by atoms with Crippen molar-refractivity contribution < 1.29 is 9.32 Å². The fourth-order valence-electron chi connectivity index (χ4n) is 4.77. The van der Waals surface area contributed by atoms with Crippen LogP contribution in [0.2, 0.25) is 0 Å². The van der Waals surface area contributed by atoms with Gasteiger partial charge in [0.25, 0.3) is 0 Å². The Morgan fingerprint density at radius 2 is 1.89 bits per heavy atom. The normalized spacial score (nSPS) is 28.1. The Labute approximate surface area is 165 Å². The molecule has 3 atom stereocenters. The molecule has 2 aromatic heterocycles. The van der Waals surface area contributed by atoms with Gasteiger partial charge in [-0.25, -0.2) is 0 Å². The maximum atomic E-state index is 13.1. The van der Waals surface area contributed by atoms with E-state index in [9.17, 15) is 4.79 Å². The first-order chi connectivity index (χ1) is 13.5. The van der Waals surface area contributed by atoms with Crippen molar-refractivity contribution in [3.05, 3.63) is 30.4 Å². The largest absolute Gasteiger partial charge is 0.344 e. The lowest BCUT2D eigenvalue weighted by molar-refractivity contribution is -0.129. The molecule has 150 valence electrons. The maximum absolute atomic E-state index is 13.1. The van der Waals surface area contributed by atoms with E-state index in [2.05, 4.69) is 20.4 Å². The first-order valence-corrected chi connectivity index (χ1v) is 10.3. The van der Waals surface area contributed by atoms with E-state index in [4.69, 9.17) is 10.3 Å². The molecule has 0 spiro atoms. The molecule has 28 heavy (non-hydrogen) atoms. The van der Waals surface area contributed by atoms with E-state index in [0.717, 1.165) is 31.2 Å². The minimum Gasteiger partial charge on any atom is -0.344 e. The molecule has 3 unspecified atom stereocenters. The molecule has 2 aliphatic rings. The monoisotopic (exact) mass is 383 g/mol. The third-order valence-corrected chi connectivity index (χ3v) is 6.39. The number of amides is 1. The summed E-state index contributed by atoms with van der Waals surface area (Å²) in [5.41, 5.74) is 7.22. The number of hydrogen-bond donors (Lipinski definition) is 2. The predicted octanol–water partition coefficient (Wildman–Crippen LogP) is 3.10. The van der Waals surface area contributed by atoms with Crippen molar-refractivity contribution in [1.29, 1.82) is 0 Å². The summed E-state index contributed by atoms with van der Waals surface area (Å²) in [6.45, 7) is 4.10. The quantitative estimate of drug-likeness (QED) is 0.821. The minimum absolute atomic E-state index is 0.0268. The molecule has 2 saturated carbocycles. The van der Waals surface area contributed by atoms with Gasteiger partial charge in [-0.3, -0.25) is 9.78 Å². The number of pyridine rings is 1. The van der Waals surface area contributed by atoms with E-state index in [1.807, 2.05) is 26.0 Å². The highest BCUT2D eigenvalue weighted by molar-refractivity contribution is 5.79. The number of carbonyl (C=O) groups is 1. The van der Waals surface area contributed by atoms with E-state index in [1.165, 1.54) is 6.42 Å². The second kappa shape index (κ2) is 7.99. The van der Waals surface area contributed by atoms with Gasteiger partial charge in [-0.1, -0.05) is 25.4 Å². The number of nitrogens with two attached hydrogens (primary N) is 1. The zero-order valence-corrected chi connectivity index (χ0v) is 16.5. The molecule has 7 nitrogen and oxygen atoms in total. The lowest BCUT2D eigenvalue weighted by atomic mass is 9.65. The molecular weight excluding hydrogens is 354 g/mol. The van der Waals surface area contributed by atoms with Crippen molar-refractivity contribution in [3.8, 4) is 11.4 Å². The van der Waals surface area contributed by atoms with Gasteiger partial charge in [-0.2, -0.15) is 4.98 Å². The van der Waals surface area contributed by atoms with Crippen LogP contribution in [0.25, 0.3) is 11.4 Å². The number of hydrogen-bond acceptors (Lipinski definition) is 6. The van der Waals surface area contributed by atoms with Crippen LogP contribution in [0.3, 0.4) is 0 Å². The summed E-state index contributed by atoms with van der Waals surface area (Å²) < 4.78 is 5.51. The summed E-state index contributed by atoms with van der Waals surface area (Å²) in [6, 6.07) is 3.63. The minimum atomic E-state index is -0.300. The number of fused-ring (bicyclic) bond motifs is 2. The molecule has 2 aromatic rings. The first kappa shape index (κ1) is 19.1. The Morgan fingerprint density at radius 3 is 2.54 bits per heavy atom. The van der Waals surface area contributed by atoms with E-state index in [0.29, 0.717) is 23.6 Å². The summed E-state index contributed by atoms with van der Waals surface area (Å²) in [5, 5.41) is 7.27. The van der Waals surface area contributed by atoms with Gasteiger partial charge in [0.05, 0.1) is 0 Å². The highest BCUT2D eigenvalue weighted by Crippen LogP contribution is 2.42. The summed E-state index contributed by atoms with van der Waals surface area (Å²) in [7, 11) is 0. The van der Waals surface area contributed by atoms with Crippen LogP contribution in [0.15, 0.2) is 29.0 Å². The summed E-state index contributed by atoms with van der Waals surface area (Å²) >= 11 is 0. The Morgan fingerprint density at radius 1 is 1.21 bits per heavy atom. The summed E-state index contributed by atoms with van der Waals surface area (Å²) in [4.78, 5) is 21.6. The van der Waals surface area contributed by atoms with Gasteiger partial charge in [-0.05, 0) is 55.6 Å². The van der Waals surface area contributed by atoms with Crippen molar-refractivity contribution >= 4 is 5.91 Å². The number of nitrogens with zero attached hydrogens (tertiary/aromatic N) is 3.